The monoisotopic (exact) mass is 292 g/mol. The number of nitrogens with zero attached hydrogens (tertiary/aromatic N) is 2. The Kier molecular flexibility index (Phi) is 5.32. The van der Waals surface area contributed by atoms with Crippen LogP contribution in [0.1, 0.15) is 20.8 Å². The highest BCUT2D eigenvalue weighted by molar-refractivity contribution is 7.07. The second kappa shape index (κ2) is 6.75. The molecule has 1 rings (SSSR count). The maximum Gasteiger partial charge on any atom is 0.277 e. The predicted octanol–water partition coefficient (Wildman–Crippen LogP) is -1.02. The summed E-state index contributed by atoms with van der Waals surface area (Å²) in [5, 5.41) is 11.8. The van der Waals surface area contributed by atoms with Crippen molar-refractivity contribution in [1.29, 1.82) is 5.26 Å². The minimum Gasteiger partial charge on any atom is -0.398 e. The van der Waals surface area contributed by atoms with Crippen LogP contribution in [0.3, 0.4) is 0 Å². The Balaban J connectivity index is 3.74. The van der Waals surface area contributed by atoms with Crippen LogP contribution in [0.4, 0.5) is 0 Å². The highest BCUT2D eigenvalue weighted by atomic mass is 32.1. The molecule has 0 aliphatic rings. The Labute approximate surface area is 120 Å². The molecule has 1 aromatic rings. The maximum atomic E-state index is 12.1. The van der Waals surface area contributed by atoms with Gasteiger partial charge in [0, 0.05) is 18.8 Å². The molecule has 20 heavy (non-hydrogen) atoms. The number of rotatable bonds is 3. The molecule has 0 saturated carbocycles. The van der Waals surface area contributed by atoms with Gasteiger partial charge in [-0.2, -0.15) is 5.26 Å². The number of aromatic nitrogens is 1. The predicted molar refractivity (Wildman–Crippen MR) is 78.0 cm³/mol. The Morgan fingerprint density at radius 2 is 2.25 bits per heavy atom. The lowest BCUT2D eigenvalue weighted by Crippen LogP contribution is -2.36. The zero-order valence-electron chi connectivity index (χ0n) is 11.6. The van der Waals surface area contributed by atoms with E-state index in [1.807, 2.05) is 6.07 Å². The first kappa shape index (κ1) is 15.8. The van der Waals surface area contributed by atoms with E-state index in [1.54, 1.807) is 20.8 Å². The molecule has 3 N–H and O–H groups in total. The molecule has 0 spiro atoms. The van der Waals surface area contributed by atoms with Crippen molar-refractivity contribution in [2.24, 2.45) is 5.73 Å². The van der Waals surface area contributed by atoms with E-state index < -0.39 is 5.91 Å². The molecule has 6 nitrogen and oxygen atoms in total. The van der Waals surface area contributed by atoms with Crippen molar-refractivity contribution in [2.75, 3.05) is 0 Å². The van der Waals surface area contributed by atoms with E-state index in [4.69, 9.17) is 5.73 Å². The van der Waals surface area contributed by atoms with Crippen molar-refractivity contribution in [3.05, 3.63) is 25.7 Å². The lowest BCUT2D eigenvalue weighted by atomic mass is 10.2. The first-order valence-corrected chi connectivity index (χ1v) is 6.89. The number of thiazole rings is 1. The van der Waals surface area contributed by atoms with E-state index in [0.717, 1.165) is 17.5 Å². The lowest BCUT2D eigenvalue weighted by molar-refractivity contribution is -0.116. The lowest BCUT2D eigenvalue weighted by Gasteiger charge is -2.06. The molecule has 0 aromatic carbocycles. The fourth-order valence-electron chi connectivity index (χ4n) is 1.58. The van der Waals surface area contributed by atoms with Crippen molar-refractivity contribution >= 4 is 28.5 Å². The molecule has 1 aromatic heterocycles. The SMILES string of the molecule is CCn1c(=O)c(=C=CN)s/c1=C(/C#N)C(=O)NC(C)C. The third-order valence-electron chi connectivity index (χ3n) is 2.39. The average molecular weight is 292 g/mol. The van der Waals surface area contributed by atoms with Gasteiger partial charge in [0.1, 0.15) is 15.3 Å². The van der Waals surface area contributed by atoms with Crippen LogP contribution in [0.15, 0.2) is 11.0 Å². The van der Waals surface area contributed by atoms with E-state index in [1.165, 1.54) is 4.57 Å². The quantitative estimate of drug-likeness (QED) is 0.744. The number of carbonyl (C=O) groups is 1. The molecule has 0 aliphatic heterocycles. The van der Waals surface area contributed by atoms with Crippen molar-refractivity contribution in [2.45, 2.75) is 33.4 Å². The number of hydrogen-bond donors (Lipinski definition) is 2. The van der Waals surface area contributed by atoms with Crippen LogP contribution in [0.5, 0.6) is 0 Å². The topological polar surface area (TPSA) is 101 Å². The zero-order chi connectivity index (χ0) is 15.3. The van der Waals surface area contributed by atoms with Crippen molar-refractivity contribution in [1.82, 2.24) is 9.88 Å². The fourth-order valence-corrected chi connectivity index (χ4v) is 2.66. The summed E-state index contributed by atoms with van der Waals surface area (Å²) < 4.78 is 1.96. The summed E-state index contributed by atoms with van der Waals surface area (Å²) in [7, 11) is 0. The molecule has 0 atom stereocenters. The molecule has 0 saturated heterocycles. The van der Waals surface area contributed by atoms with Gasteiger partial charge in [-0.05, 0) is 20.8 Å². The number of amides is 1. The van der Waals surface area contributed by atoms with Crippen LogP contribution >= 0.6 is 11.3 Å². The van der Waals surface area contributed by atoms with E-state index in [-0.39, 0.29) is 21.7 Å². The van der Waals surface area contributed by atoms with Crippen LogP contribution in [0, 0.1) is 11.3 Å². The van der Waals surface area contributed by atoms with Crippen molar-refractivity contribution in [3.8, 4) is 6.07 Å². The number of nitriles is 1. The molecule has 0 bridgehead atoms. The van der Waals surface area contributed by atoms with Crippen LogP contribution < -0.4 is 25.8 Å². The highest BCUT2D eigenvalue weighted by Crippen LogP contribution is 1.94. The summed E-state index contributed by atoms with van der Waals surface area (Å²) in [5.74, 6) is -0.491. The third-order valence-corrected chi connectivity index (χ3v) is 3.50. The van der Waals surface area contributed by atoms with Gasteiger partial charge >= 0.3 is 0 Å². The number of carbonyl (C=O) groups excluding carboxylic acids is 1. The average Bonchev–Trinajstić information content (AvgIpc) is 2.67. The molecule has 0 radical (unpaired) electrons. The molecule has 7 heteroatoms. The zero-order valence-corrected chi connectivity index (χ0v) is 12.4. The summed E-state index contributed by atoms with van der Waals surface area (Å²) >= 11 is 1.03. The highest BCUT2D eigenvalue weighted by Gasteiger charge is 2.15. The fraction of sp³-hybridized carbons (Fsp3) is 0.385. The van der Waals surface area contributed by atoms with Gasteiger partial charge in [0.05, 0.1) is 0 Å². The van der Waals surface area contributed by atoms with E-state index in [0.29, 0.717) is 11.2 Å². The van der Waals surface area contributed by atoms with E-state index in [2.05, 4.69) is 11.0 Å². The van der Waals surface area contributed by atoms with Gasteiger partial charge in [-0.1, -0.05) is 5.73 Å². The molecular formula is C13H16N4O2S. The van der Waals surface area contributed by atoms with E-state index >= 15 is 0 Å². The normalized spacial score (nSPS) is 11.6. The number of nitrogens with two attached hydrogens (primary N) is 1. The van der Waals surface area contributed by atoms with Crippen molar-refractivity contribution in [3.63, 3.8) is 0 Å². The van der Waals surface area contributed by atoms with Crippen LogP contribution in [0.25, 0.3) is 11.3 Å². The maximum absolute atomic E-state index is 12.1. The molecule has 1 heterocycles. The Morgan fingerprint density at radius 1 is 1.60 bits per heavy atom. The first-order valence-electron chi connectivity index (χ1n) is 6.08. The Morgan fingerprint density at radius 3 is 2.70 bits per heavy atom. The largest absolute Gasteiger partial charge is 0.398 e. The summed E-state index contributed by atoms with van der Waals surface area (Å²) in [6, 6.07) is 1.77. The Bertz CT molecular complexity index is 758. The van der Waals surface area contributed by atoms with Gasteiger partial charge in [-0.3, -0.25) is 14.2 Å². The molecule has 106 valence electrons. The van der Waals surface area contributed by atoms with Crippen LogP contribution in [-0.4, -0.2) is 16.5 Å². The summed E-state index contributed by atoms with van der Waals surface area (Å²) in [6.07, 6.45) is 1.14. The standard InChI is InChI=1S/C13H16N4O2S/c1-4-17-12(19)10(5-6-14)20-13(17)9(7-15)11(18)16-8(2)3/h6,8H,4,14H2,1-3H3,(H,16,18)/b13-9-. The Hall–Kier alpha value is -2.29. The second-order valence-corrected chi connectivity index (χ2v) is 5.21. The van der Waals surface area contributed by atoms with E-state index in [9.17, 15) is 14.9 Å². The summed E-state index contributed by atoms with van der Waals surface area (Å²) in [4.78, 5) is 24.1. The molecule has 0 aliphatic carbocycles. The minimum absolute atomic E-state index is 0.0762. The smallest absolute Gasteiger partial charge is 0.277 e. The first-order chi connectivity index (χ1) is 9.46. The summed E-state index contributed by atoms with van der Waals surface area (Å²) in [6.45, 7) is 5.72. The minimum atomic E-state index is -0.491. The van der Waals surface area contributed by atoms with Crippen LogP contribution in [0.2, 0.25) is 0 Å². The third kappa shape index (κ3) is 3.18. The van der Waals surface area contributed by atoms with Gasteiger partial charge in [0.15, 0.2) is 5.57 Å². The number of nitrogens with one attached hydrogen (secondary N) is 1. The second-order valence-electron chi connectivity index (χ2n) is 4.21. The van der Waals surface area contributed by atoms with Gasteiger partial charge in [-0.15, -0.1) is 11.3 Å². The molecule has 1 amide bonds. The molecular weight excluding hydrogens is 276 g/mol. The van der Waals surface area contributed by atoms with Gasteiger partial charge in [0.2, 0.25) is 0 Å². The van der Waals surface area contributed by atoms with Gasteiger partial charge in [0.25, 0.3) is 11.5 Å². The van der Waals surface area contributed by atoms with Crippen LogP contribution in [-0.2, 0) is 11.3 Å². The van der Waals surface area contributed by atoms with Gasteiger partial charge < -0.3 is 11.1 Å². The number of hydrogen-bond acceptors (Lipinski definition) is 5. The molecule has 0 unspecified atom stereocenters. The van der Waals surface area contributed by atoms with Crippen molar-refractivity contribution < 1.29 is 4.79 Å². The summed E-state index contributed by atoms with van der Waals surface area (Å²) in [5.41, 5.74) is 7.47. The van der Waals surface area contributed by atoms with Gasteiger partial charge in [-0.25, -0.2) is 0 Å². The molecule has 0 fully saturated rings.